The van der Waals surface area contributed by atoms with Gasteiger partial charge in [0.2, 0.25) is 0 Å². The second-order valence-electron chi connectivity index (χ2n) is 2.23. The highest BCUT2D eigenvalue weighted by molar-refractivity contribution is 6.02. The maximum absolute atomic E-state index is 10.8. The third-order valence-corrected chi connectivity index (χ3v) is 1.46. The number of carbonyl (C=O) groups is 2. The summed E-state index contributed by atoms with van der Waals surface area (Å²) in [6, 6.07) is 5.44. The molecule has 1 rings (SSSR count). The van der Waals surface area contributed by atoms with E-state index in [1.165, 1.54) is 24.3 Å². The molecular formula is C8H10MgO6. The van der Waals surface area contributed by atoms with Gasteiger partial charge < -0.3 is 10.6 Å². The lowest BCUT2D eigenvalue weighted by Crippen LogP contribution is -2.09. The number of rotatable bonds is 2. The second-order valence-corrected chi connectivity index (χ2v) is 2.23. The summed E-state index contributed by atoms with van der Waals surface area (Å²) in [5.74, 6) is -2.33. The molecule has 7 heteroatoms. The molecule has 1 aromatic carbocycles. The van der Waals surface area contributed by atoms with Crippen molar-refractivity contribution >= 4 is 35.0 Å². The Kier molecular flexibility index (Phi) is 7.79. The van der Waals surface area contributed by atoms with Gasteiger partial charge >= 0.3 is 35.0 Å². The number of hydrogen-bond acceptors (Lipinski definition) is 4. The van der Waals surface area contributed by atoms with Crippen LogP contribution in [0.15, 0.2) is 24.3 Å². The van der Waals surface area contributed by atoms with Gasteiger partial charge in [0.15, 0.2) is 0 Å². The molecule has 1 aromatic rings. The van der Waals surface area contributed by atoms with Crippen LogP contribution in [0.1, 0.15) is 20.7 Å². The molecule has 0 aliphatic rings. The van der Waals surface area contributed by atoms with Crippen LogP contribution >= 0.6 is 0 Å². The quantitative estimate of drug-likeness (QED) is 0.392. The van der Waals surface area contributed by atoms with Gasteiger partial charge in [-0.15, -0.1) is 0 Å². The van der Waals surface area contributed by atoms with Crippen LogP contribution in [0.4, 0.5) is 0 Å². The van der Waals surface area contributed by atoms with E-state index in [9.17, 15) is 9.59 Å². The van der Waals surface area contributed by atoms with Crippen LogP contribution in [-0.2, 0) is 4.89 Å². The SMILES string of the molecule is O.O=C(O)c1ccccc1C(=O)OO.[MgH2]. The lowest BCUT2D eigenvalue weighted by molar-refractivity contribution is -0.182. The topological polar surface area (TPSA) is 115 Å². The zero-order chi connectivity index (χ0) is 9.84. The Morgan fingerprint density at radius 3 is 2.00 bits per heavy atom. The smallest absolute Gasteiger partial charge is 0.373 e. The molecular weight excluding hydrogens is 216 g/mol. The van der Waals surface area contributed by atoms with E-state index in [4.69, 9.17) is 10.4 Å². The number of benzene rings is 1. The van der Waals surface area contributed by atoms with E-state index in [0.717, 1.165) is 0 Å². The summed E-state index contributed by atoms with van der Waals surface area (Å²) in [5.41, 5.74) is -0.390. The predicted octanol–water partition coefficient (Wildman–Crippen LogP) is -0.726. The van der Waals surface area contributed by atoms with E-state index < -0.39 is 11.9 Å². The zero-order valence-electron chi connectivity index (χ0n) is 6.93. The van der Waals surface area contributed by atoms with Gasteiger partial charge in [0.1, 0.15) is 0 Å². The summed E-state index contributed by atoms with van der Waals surface area (Å²) >= 11 is 0. The third kappa shape index (κ3) is 3.84. The van der Waals surface area contributed by atoms with Crippen LogP contribution in [0.5, 0.6) is 0 Å². The Hall–Kier alpha value is -1.15. The van der Waals surface area contributed by atoms with Crippen molar-refractivity contribution in [2.45, 2.75) is 0 Å². The van der Waals surface area contributed by atoms with Crippen molar-refractivity contribution in [2.75, 3.05) is 0 Å². The highest BCUT2D eigenvalue weighted by Crippen LogP contribution is 2.09. The third-order valence-electron chi connectivity index (χ3n) is 1.46. The molecule has 15 heavy (non-hydrogen) atoms. The largest absolute Gasteiger partial charge is 0.478 e. The molecule has 0 spiro atoms. The Labute approximate surface area is 101 Å². The molecule has 0 amide bonds. The lowest BCUT2D eigenvalue weighted by Gasteiger charge is -2.00. The molecule has 0 fully saturated rings. The van der Waals surface area contributed by atoms with Crippen molar-refractivity contribution in [3.8, 4) is 0 Å². The summed E-state index contributed by atoms with van der Waals surface area (Å²) in [6.45, 7) is 0. The normalized spacial score (nSPS) is 8.07. The molecule has 0 saturated heterocycles. The maximum Gasteiger partial charge on any atom is 0.373 e. The zero-order valence-corrected chi connectivity index (χ0v) is 6.93. The monoisotopic (exact) mass is 226 g/mol. The number of carbonyl (C=O) groups excluding carboxylic acids is 1. The Morgan fingerprint density at radius 1 is 1.13 bits per heavy atom. The molecule has 0 heterocycles. The molecule has 0 bridgehead atoms. The van der Waals surface area contributed by atoms with Crippen molar-refractivity contribution in [2.24, 2.45) is 0 Å². The minimum absolute atomic E-state index is 0. The fourth-order valence-corrected chi connectivity index (χ4v) is 0.897. The Balaban J connectivity index is 0. The highest BCUT2D eigenvalue weighted by atomic mass is 24.3. The van der Waals surface area contributed by atoms with Crippen molar-refractivity contribution in [1.29, 1.82) is 0 Å². The van der Waals surface area contributed by atoms with Gasteiger partial charge in [0.25, 0.3) is 0 Å². The van der Waals surface area contributed by atoms with E-state index >= 15 is 0 Å². The number of hydrogen-bond donors (Lipinski definition) is 2. The van der Waals surface area contributed by atoms with Gasteiger partial charge in [0, 0.05) is 0 Å². The predicted molar refractivity (Wildman–Crippen MR) is 53.6 cm³/mol. The summed E-state index contributed by atoms with van der Waals surface area (Å²) in [5, 5.41) is 16.7. The molecule has 0 radical (unpaired) electrons. The van der Waals surface area contributed by atoms with Crippen LogP contribution in [0.2, 0.25) is 0 Å². The van der Waals surface area contributed by atoms with Gasteiger partial charge in [-0.1, -0.05) is 12.1 Å². The van der Waals surface area contributed by atoms with E-state index in [2.05, 4.69) is 4.89 Å². The first-order valence-electron chi connectivity index (χ1n) is 3.35. The van der Waals surface area contributed by atoms with Crippen molar-refractivity contribution in [1.82, 2.24) is 0 Å². The molecule has 4 N–H and O–H groups in total. The molecule has 0 atom stereocenters. The second kappa shape index (κ2) is 7.18. The first kappa shape index (κ1) is 16.3. The average Bonchev–Trinajstić information content (AvgIpc) is 2.16. The van der Waals surface area contributed by atoms with Crippen molar-refractivity contribution in [3.05, 3.63) is 35.4 Å². The molecule has 80 valence electrons. The minimum Gasteiger partial charge on any atom is -0.478 e. The summed E-state index contributed by atoms with van der Waals surface area (Å²) in [4.78, 5) is 24.8. The highest BCUT2D eigenvalue weighted by Gasteiger charge is 2.16. The first-order valence-corrected chi connectivity index (χ1v) is 3.35. The van der Waals surface area contributed by atoms with Crippen molar-refractivity contribution < 1.29 is 30.3 Å². The number of aromatic carboxylic acids is 1. The summed E-state index contributed by atoms with van der Waals surface area (Å²) < 4.78 is 0. The fourth-order valence-electron chi connectivity index (χ4n) is 0.897. The first-order chi connectivity index (χ1) is 6.16. The summed E-state index contributed by atoms with van der Waals surface area (Å²) in [7, 11) is 0. The van der Waals surface area contributed by atoms with Crippen LogP contribution < -0.4 is 0 Å². The van der Waals surface area contributed by atoms with Crippen LogP contribution in [0.3, 0.4) is 0 Å². The molecule has 0 aliphatic carbocycles. The molecule has 6 nitrogen and oxygen atoms in total. The fraction of sp³-hybridized carbons (Fsp3) is 0. The van der Waals surface area contributed by atoms with E-state index in [-0.39, 0.29) is 39.7 Å². The Bertz CT molecular complexity index is 351. The minimum atomic E-state index is -1.25. The van der Waals surface area contributed by atoms with Crippen molar-refractivity contribution in [3.63, 3.8) is 0 Å². The number of carboxylic acid groups (broad SMARTS) is 1. The van der Waals surface area contributed by atoms with Gasteiger partial charge in [-0.05, 0) is 12.1 Å². The van der Waals surface area contributed by atoms with Gasteiger partial charge in [-0.2, -0.15) is 5.26 Å². The van der Waals surface area contributed by atoms with E-state index in [1.54, 1.807) is 0 Å². The van der Waals surface area contributed by atoms with Gasteiger partial charge in [-0.25, -0.2) is 9.59 Å². The molecule has 0 aromatic heterocycles. The molecule has 0 aliphatic heterocycles. The van der Waals surface area contributed by atoms with E-state index in [0.29, 0.717) is 0 Å². The van der Waals surface area contributed by atoms with Crippen LogP contribution in [0.25, 0.3) is 0 Å². The van der Waals surface area contributed by atoms with Gasteiger partial charge in [-0.3, -0.25) is 4.89 Å². The molecule has 0 unspecified atom stereocenters. The lowest BCUT2D eigenvalue weighted by atomic mass is 10.1. The van der Waals surface area contributed by atoms with Crippen LogP contribution in [-0.4, -0.2) is 50.8 Å². The van der Waals surface area contributed by atoms with Crippen LogP contribution in [0, 0.1) is 0 Å². The average molecular weight is 226 g/mol. The summed E-state index contributed by atoms with van der Waals surface area (Å²) in [6.07, 6.45) is 0. The maximum atomic E-state index is 10.8. The number of carboxylic acids is 1. The van der Waals surface area contributed by atoms with E-state index in [1.807, 2.05) is 0 Å². The molecule has 0 saturated carbocycles. The standard InChI is InChI=1S/C8H6O5.Mg.H2O.2H/c9-7(10)5-3-1-2-4-6(5)8(11)13-12;;;;/h1-4,12H,(H,9,10);;1H2;;. The Morgan fingerprint density at radius 2 is 1.60 bits per heavy atom. The van der Waals surface area contributed by atoms with Gasteiger partial charge in [0.05, 0.1) is 11.1 Å².